The highest BCUT2D eigenvalue weighted by Crippen LogP contribution is 2.30. The summed E-state index contributed by atoms with van der Waals surface area (Å²) in [6.07, 6.45) is -4.53. The Hall–Kier alpha value is -2.01. The highest BCUT2D eigenvalue weighted by atomic mass is 19.4. The number of aromatic nitrogens is 2. The van der Waals surface area contributed by atoms with Crippen molar-refractivity contribution in [1.29, 1.82) is 0 Å². The number of rotatable bonds is 5. The van der Waals surface area contributed by atoms with Crippen molar-refractivity contribution in [2.45, 2.75) is 33.1 Å². The predicted octanol–water partition coefficient (Wildman–Crippen LogP) is 2.33. The monoisotopic (exact) mass is 331 g/mol. The van der Waals surface area contributed by atoms with Crippen LogP contribution in [0.2, 0.25) is 0 Å². The van der Waals surface area contributed by atoms with Crippen LogP contribution >= 0.6 is 0 Å². The highest BCUT2D eigenvalue weighted by Gasteiger charge is 2.39. The molecule has 0 saturated heterocycles. The fraction of sp³-hybridized carbons (Fsp3) is 0.600. The number of alkyl halides is 3. The maximum atomic E-state index is 12.8. The molecule has 0 bridgehead atoms. The number of nitrogens with zero attached hydrogens (tertiary/aromatic N) is 3. The fourth-order valence-corrected chi connectivity index (χ4v) is 1.85. The predicted molar refractivity (Wildman–Crippen MR) is 78.7 cm³/mol. The van der Waals surface area contributed by atoms with E-state index in [1.165, 1.54) is 14.0 Å². The molecule has 0 aliphatic carbocycles. The first kappa shape index (κ1) is 19.0. The maximum Gasteiger partial charge on any atom is 0.436 e. The minimum absolute atomic E-state index is 0.510. The van der Waals surface area contributed by atoms with Gasteiger partial charge in [-0.2, -0.15) is 18.3 Å². The molecule has 0 radical (unpaired) electrons. The topological polar surface area (TPSA) is 47.4 Å². The molecule has 1 aromatic heterocycles. The Morgan fingerprint density at radius 3 is 2.57 bits per heavy atom. The van der Waals surface area contributed by atoms with Crippen LogP contribution in [0.4, 0.5) is 13.2 Å². The van der Waals surface area contributed by atoms with Crippen molar-refractivity contribution < 1.29 is 22.7 Å². The smallest absolute Gasteiger partial charge is 0.436 e. The molecule has 5 nitrogen and oxygen atoms in total. The molecule has 0 spiro atoms. The average Bonchev–Trinajstić information content (AvgIpc) is 2.86. The quantitative estimate of drug-likeness (QED) is 0.614. The summed E-state index contributed by atoms with van der Waals surface area (Å²) >= 11 is 0. The van der Waals surface area contributed by atoms with Gasteiger partial charge in [0.25, 0.3) is 0 Å². The van der Waals surface area contributed by atoms with E-state index in [0.717, 1.165) is 24.0 Å². The summed E-state index contributed by atoms with van der Waals surface area (Å²) in [6, 6.07) is 0. The highest BCUT2D eigenvalue weighted by molar-refractivity contribution is 5.90. The molecule has 0 saturated carbocycles. The number of hydrogen-bond acceptors (Lipinski definition) is 4. The number of esters is 1. The van der Waals surface area contributed by atoms with Gasteiger partial charge in [0.15, 0.2) is 11.8 Å². The van der Waals surface area contributed by atoms with Gasteiger partial charge in [-0.25, -0.2) is 4.79 Å². The number of carbonyl (C=O) groups excluding carboxylic acids is 1. The van der Waals surface area contributed by atoms with Crippen LogP contribution in [0.25, 0.3) is 0 Å². The lowest BCUT2D eigenvalue weighted by atomic mass is 10.2. The van der Waals surface area contributed by atoms with E-state index in [9.17, 15) is 18.0 Å². The zero-order valence-electron chi connectivity index (χ0n) is 13.6. The molecule has 23 heavy (non-hydrogen) atoms. The van der Waals surface area contributed by atoms with Gasteiger partial charge in [-0.3, -0.25) is 9.58 Å². The minimum atomic E-state index is -4.71. The van der Waals surface area contributed by atoms with Crippen molar-refractivity contribution >= 4 is 5.97 Å². The number of carbonyl (C=O) groups is 1. The van der Waals surface area contributed by atoms with Gasteiger partial charge in [-0.15, -0.1) is 0 Å². The number of ether oxygens (including phenoxy) is 1. The van der Waals surface area contributed by atoms with Gasteiger partial charge in [0.2, 0.25) is 0 Å². The van der Waals surface area contributed by atoms with Crippen molar-refractivity contribution in [2.75, 3.05) is 19.6 Å². The number of hydrogen-bond donors (Lipinski definition) is 0. The molecule has 1 heterocycles. The summed E-state index contributed by atoms with van der Waals surface area (Å²) in [5.41, 5.74) is -1.87. The molecule has 0 aliphatic rings. The van der Waals surface area contributed by atoms with Crippen LogP contribution in [0, 0.1) is 11.8 Å². The van der Waals surface area contributed by atoms with Crippen LogP contribution in [0.5, 0.6) is 0 Å². The Balaban J connectivity index is 2.75. The van der Waals surface area contributed by atoms with E-state index in [4.69, 9.17) is 4.74 Å². The third kappa shape index (κ3) is 5.60. The van der Waals surface area contributed by atoms with Crippen LogP contribution in [0.15, 0.2) is 6.20 Å². The van der Waals surface area contributed by atoms with Crippen molar-refractivity contribution in [3.05, 3.63) is 17.5 Å². The Kier molecular flexibility index (Phi) is 6.63. The van der Waals surface area contributed by atoms with Crippen molar-refractivity contribution in [3.63, 3.8) is 0 Å². The Bertz CT molecular complexity index is 595. The van der Waals surface area contributed by atoms with E-state index in [0.29, 0.717) is 6.54 Å². The molecule has 0 unspecified atom stereocenters. The molecular formula is C15H20F3N3O2. The molecule has 0 aliphatic heterocycles. The summed E-state index contributed by atoms with van der Waals surface area (Å²) < 4.78 is 44.3. The van der Waals surface area contributed by atoms with Gasteiger partial charge >= 0.3 is 12.1 Å². The summed E-state index contributed by atoms with van der Waals surface area (Å²) in [5.74, 6) is 4.47. The van der Waals surface area contributed by atoms with Crippen LogP contribution in [0.1, 0.15) is 36.8 Å². The van der Waals surface area contributed by atoms with E-state index in [2.05, 4.69) is 21.8 Å². The normalized spacial score (nSPS) is 12.7. The summed E-state index contributed by atoms with van der Waals surface area (Å²) in [6.45, 7) is 7.69. The third-order valence-corrected chi connectivity index (χ3v) is 3.10. The fourth-order valence-electron chi connectivity index (χ4n) is 1.85. The Morgan fingerprint density at radius 2 is 2.04 bits per heavy atom. The average molecular weight is 331 g/mol. The second kappa shape index (κ2) is 8.02. The van der Waals surface area contributed by atoms with Crippen LogP contribution < -0.4 is 0 Å². The lowest BCUT2D eigenvalue weighted by molar-refractivity contribution is -0.142. The molecule has 0 aromatic carbocycles. The lowest BCUT2D eigenvalue weighted by Gasteiger charge is -2.13. The van der Waals surface area contributed by atoms with Gasteiger partial charge in [0, 0.05) is 13.2 Å². The Morgan fingerprint density at radius 1 is 1.43 bits per heavy atom. The van der Waals surface area contributed by atoms with Gasteiger partial charge in [-0.05, 0) is 20.0 Å². The van der Waals surface area contributed by atoms with Crippen LogP contribution in [-0.4, -0.2) is 46.4 Å². The Labute approximate surface area is 133 Å². The summed E-state index contributed by atoms with van der Waals surface area (Å²) in [4.78, 5) is 14.0. The summed E-state index contributed by atoms with van der Waals surface area (Å²) in [5, 5.41) is 3.27. The second-order valence-corrected chi connectivity index (χ2v) is 4.89. The molecule has 0 fully saturated rings. The second-order valence-electron chi connectivity index (χ2n) is 4.89. The third-order valence-electron chi connectivity index (χ3n) is 3.10. The molecule has 128 valence electrons. The van der Waals surface area contributed by atoms with Crippen molar-refractivity contribution in [1.82, 2.24) is 14.7 Å². The molecule has 1 aromatic rings. The van der Waals surface area contributed by atoms with Gasteiger partial charge in [0.05, 0.1) is 6.54 Å². The number of aryl methyl sites for hydroxylation is 1. The molecule has 8 heteroatoms. The van der Waals surface area contributed by atoms with Crippen LogP contribution in [0.3, 0.4) is 0 Å². The molecule has 0 N–H and O–H groups in total. The first-order valence-corrected chi connectivity index (χ1v) is 7.21. The van der Waals surface area contributed by atoms with Gasteiger partial charge in [0.1, 0.15) is 5.56 Å². The van der Waals surface area contributed by atoms with Crippen molar-refractivity contribution in [2.24, 2.45) is 7.05 Å². The first-order chi connectivity index (χ1) is 10.7. The van der Waals surface area contributed by atoms with E-state index in [1.54, 1.807) is 0 Å². The van der Waals surface area contributed by atoms with E-state index in [-0.39, 0.29) is 0 Å². The van der Waals surface area contributed by atoms with E-state index < -0.39 is 29.5 Å². The largest absolute Gasteiger partial charge is 0.446 e. The molecular weight excluding hydrogens is 311 g/mol. The standard InChI is InChI=1S/C15H20F3N3O2/c1-5-21(6-2)9-7-8-11(3)23-14(22)12-10-20(4)19-13(12)15(16,17)18/h10-11H,5-6,9H2,1-4H3/t11-/m1/s1. The number of halogens is 3. The minimum Gasteiger partial charge on any atom is -0.446 e. The van der Waals surface area contributed by atoms with Crippen LogP contribution in [-0.2, 0) is 18.0 Å². The SMILES string of the molecule is CCN(CC)CC#C[C@@H](C)OC(=O)c1cn(C)nc1C(F)(F)F. The van der Waals surface area contributed by atoms with E-state index >= 15 is 0 Å². The zero-order chi connectivity index (χ0) is 17.6. The lowest BCUT2D eigenvalue weighted by Crippen LogP contribution is -2.23. The molecule has 0 amide bonds. The van der Waals surface area contributed by atoms with Crippen molar-refractivity contribution in [3.8, 4) is 11.8 Å². The molecule has 1 atom stereocenters. The maximum absolute atomic E-state index is 12.8. The molecule has 1 rings (SSSR count). The van der Waals surface area contributed by atoms with Gasteiger partial charge < -0.3 is 4.74 Å². The summed E-state index contributed by atoms with van der Waals surface area (Å²) in [7, 11) is 1.30. The van der Waals surface area contributed by atoms with E-state index in [1.807, 2.05) is 13.8 Å². The van der Waals surface area contributed by atoms with Gasteiger partial charge in [-0.1, -0.05) is 25.7 Å². The zero-order valence-corrected chi connectivity index (χ0v) is 13.6. The first-order valence-electron chi connectivity index (χ1n) is 7.21.